The lowest BCUT2D eigenvalue weighted by Gasteiger charge is -2.63. The smallest absolute Gasteiger partial charge is 0.142 e. The first-order valence-corrected chi connectivity index (χ1v) is 13.9. The van der Waals surface area contributed by atoms with Crippen molar-refractivity contribution >= 4 is 22.1 Å². The van der Waals surface area contributed by atoms with Crippen LogP contribution in [0.1, 0.15) is 37.7 Å². The molecule has 4 fully saturated rings. The number of anilines is 2. The Kier molecular flexibility index (Phi) is 5.54. The lowest BCUT2D eigenvalue weighted by atomic mass is 9.48. The third-order valence-corrected chi connectivity index (χ3v) is 9.04. The van der Waals surface area contributed by atoms with Crippen LogP contribution < -0.4 is 20.9 Å². The van der Waals surface area contributed by atoms with E-state index in [4.69, 9.17) is 20.9 Å². The highest BCUT2D eigenvalue weighted by Gasteiger charge is 2.65. The van der Waals surface area contributed by atoms with E-state index in [1.165, 1.54) is 5.39 Å². The fourth-order valence-electron chi connectivity index (χ4n) is 7.67. The highest BCUT2D eigenvalue weighted by Crippen LogP contribution is 2.62. The molecule has 5 unspecified atom stereocenters. The van der Waals surface area contributed by atoms with Gasteiger partial charge in [-0.05, 0) is 78.6 Å². The molecule has 0 amide bonds. The van der Waals surface area contributed by atoms with Gasteiger partial charge in [0.15, 0.2) is 0 Å². The van der Waals surface area contributed by atoms with Gasteiger partial charge in [0.2, 0.25) is 0 Å². The second kappa shape index (κ2) is 9.02. The Hall–Kier alpha value is -4.50. The van der Waals surface area contributed by atoms with Crippen molar-refractivity contribution in [2.75, 3.05) is 11.5 Å². The minimum absolute atomic E-state index is 0.00364. The molecule has 4 saturated carbocycles. The molecule has 5 atom stereocenters. The summed E-state index contributed by atoms with van der Waals surface area (Å²) < 4.78 is 13.6. The minimum Gasteiger partial charge on any atom is -0.506 e. The van der Waals surface area contributed by atoms with E-state index in [-0.39, 0.29) is 23.3 Å². The largest absolute Gasteiger partial charge is 0.506 e. The molecule has 0 spiro atoms. The molecule has 40 heavy (non-hydrogen) atoms. The van der Waals surface area contributed by atoms with Gasteiger partial charge in [-0.25, -0.2) is 0 Å². The summed E-state index contributed by atoms with van der Waals surface area (Å²) in [4.78, 5) is 0. The third kappa shape index (κ3) is 4.14. The molecule has 8 rings (SSSR count). The fourth-order valence-corrected chi connectivity index (χ4v) is 7.67. The molecule has 6 nitrogen and oxygen atoms in total. The molecule has 4 aliphatic carbocycles. The normalized spacial score (nSPS) is 28.1. The SMILES string of the molecule is Nc1ccc(OC23CC4CC(C2)C(C#Cc2cccc5ccccc25)C(Oc2ccc(N)c(O)c2)(C4)C3)cc1O. The maximum atomic E-state index is 10.3. The van der Waals surface area contributed by atoms with Gasteiger partial charge >= 0.3 is 0 Å². The van der Waals surface area contributed by atoms with Crippen molar-refractivity contribution in [3.05, 3.63) is 84.4 Å². The first-order valence-electron chi connectivity index (χ1n) is 13.9. The molecule has 0 radical (unpaired) electrons. The van der Waals surface area contributed by atoms with Gasteiger partial charge in [0, 0.05) is 24.1 Å². The van der Waals surface area contributed by atoms with Crippen molar-refractivity contribution < 1.29 is 19.7 Å². The van der Waals surface area contributed by atoms with Crippen molar-refractivity contribution in [2.45, 2.75) is 43.3 Å². The van der Waals surface area contributed by atoms with Gasteiger partial charge in [-0.1, -0.05) is 48.2 Å². The number of rotatable bonds is 4. The number of hydrogen-bond donors (Lipinski definition) is 4. The maximum Gasteiger partial charge on any atom is 0.142 e. The number of phenols is 2. The van der Waals surface area contributed by atoms with E-state index in [2.05, 4.69) is 42.2 Å². The van der Waals surface area contributed by atoms with Crippen molar-refractivity contribution in [1.82, 2.24) is 0 Å². The maximum absolute atomic E-state index is 10.3. The molecule has 6 N–H and O–H groups in total. The average Bonchev–Trinajstić information content (AvgIpc) is 2.92. The van der Waals surface area contributed by atoms with Gasteiger partial charge in [-0.3, -0.25) is 0 Å². The highest BCUT2D eigenvalue weighted by atomic mass is 16.5. The Bertz CT molecular complexity index is 1690. The second-order valence-corrected chi connectivity index (χ2v) is 11.8. The number of hydrogen-bond acceptors (Lipinski definition) is 6. The molecule has 4 aromatic rings. The van der Waals surface area contributed by atoms with Crippen LogP contribution in [0.5, 0.6) is 23.0 Å². The van der Waals surface area contributed by atoms with Crippen molar-refractivity contribution in [2.24, 2.45) is 17.8 Å². The van der Waals surface area contributed by atoms with Gasteiger partial charge in [-0.15, -0.1) is 0 Å². The molecule has 0 heterocycles. The molecule has 0 saturated heterocycles. The molecule has 202 valence electrons. The van der Waals surface area contributed by atoms with Crippen LogP contribution in [0.3, 0.4) is 0 Å². The summed E-state index contributed by atoms with van der Waals surface area (Å²) in [7, 11) is 0. The van der Waals surface area contributed by atoms with E-state index >= 15 is 0 Å². The van der Waals surface area contributed by atoms with Gasteiger partial charge in [0.25, 0.3) is 0 Å². The van der Waals surface area contributed by atoms with Crippen LogP contribution in [-0.4, -0.2) is 21.4 Å². The van der Waals surface area contributed by atoms with Gasteiger partial charge in [0.05, 0.1) is 17.3 Å². The van der Waals surface area contributed by atoms with Crippen LogP contribution in [0, 0.1) is 29.6 Å². The molecular formula is C34H32N2O4. The van der Waals surface area contributed by atoms with E-state index in [1.807, 2.05) is 24.3 Å². The van der Waals surface area contributed by atoms with Crippen molar-refractivity contribution in [3.63, 3.8) is 0 Å². The molecule has 0 aliphatic heterocycles. The predicted octanol–water partition coefficient (Wildman–Crippen LogP) is 6.24. The molecule has 4 bridgehead atoms. The third-order valence-electron chi connectivity index (χ3n) is 9.04. The van der Waals surface area contributed by atoms with Crippen LogP contribution in [0.15, 0.2) is 78.9 Å². The summed E-state index contributed by atoms with van der Waals surface area (Å²) in [6.45, 7) is 0. The Morgan fingerprint density at radius 3 is 2.23 bits per heavy atom. The van der Waals surface area contributed by atoms with E-state index in [1.54, 1.807) is 24.3 Å². The lowest BCUT2D eigenvalue weighted by Crippen LogP contribution is -2.67. The van der Waals surface area contributed by atoms with Gasteiger partial charge in [0.1, 0.15) is 34.2 Å². The monoisotopic (exact) mass is 532 g/mol. The Labute approximate surface area is 233 Å². The van der Waals surface area contributed by atoms with E-state index in [0.717, 1.165) is 36.6 Å². The zero-order valence-corrected chi connectivity index (χ0v) is 22.1. The van der Waals surface area contributed by atoms with Crippen LogP contribution in [-0.2, 0) is 0 Å². The van der Waals surface area contributed by atoms with E-state index < -0.39 is 11.2 Å². The Morgan fingerprint density at radius 1 is 0.775 bits per heavy atom. The number of fused-ring (bicyclic) bond motifs is 1. The first kappa shape index (κ1) is 24.5. The topological polar surface area (TPSA) is 111 Å². The molecule has 4 aromatic carbocycles. The summed E-state index contributed by atoms with van der Waals surface area (Å²) in [5.41, 5.74) is 12.3. The molecule has 0 aromatic heterocycles. The van der Waals surface area contributed by atoms with Crippen LogP contribution in [0.2, 0.25) is 0 Å². The lowest BCUT2D eigenvalue weighted by molar-refractivity contribution is -0.197. The molecule has 6 heteroatoms. The first-order chi connectivity index (χ1) is 19.3. The quantitative estimate of drug-likeness (QED) is 0.141. The van der Waals surface area contributed by atoms with Crippen molar-refractivity contribution in [1.29, 1.82) is 0 Å². The van der Waals surface area contributed by atoms with Crippen LogP contribution in [0.25, 0.3) is 10.8 Å². The fraction of sp³-hybridized carbons (Fsp3) is 0.294. The van der Waals surface area contributed by atoms with Gasteiger partial charge < -0.3 is 31.2 Å². The highest BCUT2D eigenvalue weighted by molar-refractivity contribution is 5.88. The molecule has 4 aliphatic rings. The predicted molar refractivity (Wildman–Crippen MR) is 156 cm³/mol. The number of benzene rings is 4. The van der Waals surface area contributed by atoms with Crippen LogP contribution >= 0.6 is 0 Å². The summed E-state index contributed by atoms with van der Waals surface area (Å²) in [5, 5.41) is 22.9. The van der Waals surface area contributed by atoms with Crippen molar-refractivity contribution in [3.8, 4) is 34.8 Å². The Balaban J connectivity index is 1.29. The summed E-state index contributed by atoms with van der Waals surface area (Å²) in [6.07, 6.45) is 4.38. The van der Waals surface area contributed by atoms with E-state index in [9.17, 15) is 10.2 Å². The number of nitrogens with two attached hydrogens (primary N) is 2. The number of aromatic hydroxyl groups is 2. The molecular weight excluding hydrogens is 500 g/mol. The van der Waals surface area contributed by atoms with E-state index in [0.29, 0.717) is 35.2 Å². The number of phenolic OH excluding ortho intramolecular Hbond substituents is 2. The standard InChI is InChI=1S/C34H32N2O4/c35-29-12-9-25(15-31(29)37)39-33-17-21-14-24(19-33)28(11-8-23-6-3-5-22-4-1-2-7-27(22)23)34(18-21,20-33)40-26-10-13-30(36)32(38)16-26/h1-7,9-10,12-13,15-16,21,24,28,37-38H,14,17-20,35-36H2. The number of nitrogen functional groups attached to an aromatic ring is 2. The summed E-state index contributed by atoms with van der Waals surface area (Å²) in [6, 6.07) is 24.7. The average molecular weight is 533 g/mol. The zero-order valence-electron chi connectivity index (χ0n) is 22.1. The minimum atomic E-state index is -0.597. The second-order valence-electron chi connectivity index (χ2n) is 11.8. The Morgan fingerprint density at radius 2 is 1.48 bits per heavy atom. The number of ether oxygens (including phenoxy) is 2. The summed E-state index contributed by atoms with van der Waals surface area (Å²) >= 11 is 0. The zero-order chi connectivity index (χ0) is 27.5. The van der Waals surface area contributed by atoms with Gasteiger partial charge in [-0.2, -0.15) is 0 Å². The summed E-state index contributed by atoms with van der Waals surface area (Å²) in [5.74, 6) is 9.11. The van der Waals surface area contributed by atoms with Crippen LogP contribution in [0.4, 0.5) is 11.4 Å².